The molecule has 100 valence electrons. The van der Waals surface area contributed by atoms with E-state index >= 15 is 0 Å². The fraction of sp³-hybridized carbons (Fsp3) is 0.200. The first-order valence-electron chi connectivity index (χ1n) is 6.13. The summed E-state index contributed by atoms with van der Waals surface area (Å²) in [6.45, 7) is 3.82. The third-order valence-corrected chi connectivity index (χ3v) is 4.60. The molecular formula is C15H17NO2S. The lowest BCUT2D eigenvalue weighted by atomic mass is 10.0. The molecule has 2 aromatic carbocycles. The molecule has 2 rings (SSSR count). The van der Waals surface area contributed by atoms with Gasteiger partial charge in [-0.25, -0.2) is 13.1 Å². The molecule has 4 heteroatoms. The Morgan fingerprint density at radius 2 is 1.53 bits per heavy atom. The van der Waals surface area contributed by atoms with Gasteiger partial charge in [0.25, 0.3) is 0 Å². The van der Waals surface area contributed by atoms with Crippen molar-refractivity contribution < 1.29 is 8.42 Å². The van der Waals surface area contributed by atoms with Crippen LogP contribution in [0, 0.1) is 6.92 Å². The Morgan fingerprint density at radius 1 is 0.947 bits per heavy atom. The summed E-state index contributed by atoms with van der Waals surface area (Å²) < 4.78 is 27.1. The van der Waals surface area contributed by atoms with E-state index in [-0.39, 0.29) is 10.9 Å². The van der Waals surface area contributed by atoms with Crippen LogP contribution in [0.5, 0.6) is 0 Å². The van der Waals surface area contributed by atoms with Crippen molar-refractivity contribution in [3.05, 3.63) is 65.7 Å². The molecule has 0 spiro atoms. The summed E-state index contributed by atoms with van der Waals surface area (Å²) in [4.78, 5) is 0.287. The Hall–Kier alpha value is -1.65. The molecule has 19 heavy (non-hydrogen) atoms. The zero-order chi connectivity index (χ0) is 13.9. The van der Waals surface area contributed by atoms with Gasteiger partial charge in [-0.2, -0.15) is 0 Å². The van der Waals surface area contributed by atoms with E-state index in [1.165, 1.54) is 0 Å². The van der Waals surface area contributed by atoms with Crippen molar-refractivity contribution in [3.63, 3.8) is 0 Å². The van der Waals surface area contributed by atoms with Crippen molar-refractivity contribution in [1.29, 1.82) is 0 Å². The fourth-order valence-electron chi connectivity index (χ4n) is 2.04. The minimum Gasteiger partial charge on any atom is -0.207 e. The van der Waals surface area contributed by atoms with Gasteiger partial charge in [-0.05, 0) is 37.1 Å². The van der Waals surface area contributed by atoms with Crippen LogP contribution in [0.1, 0.15) is 24.1 Å². The van der Waals surface area contributed by atoms with E-state index in [1.807, 2.05) is 38.1 Å². The Balaban J connectivity index is 2.24. The molecule has 0 aliphatic heterocycles. The van der Waals surface area contributed by atoms with E-state index in [0.29, 0.717) is 0 Å². The van der Waals surface area contributed by atoms with Crippen LogP contribution in [0.4, 0.5) is 0 Å². The molecular weight excluding hydrogens is 258 g/mol. The summed E-state index contributed by atoms with van der Waals surface area (Å²) in [7, 11) is -3.47. The second-order valence-electron chi connectivity index (χ2n) is 4.51. The van der Waals surface area contributed by atoms with Gasteiger partial charge in [0.15, 0.2) is 0 Å². The molecule has 0 aromatic heterocycles. The predicted octanol–water partition coefficient (Wildman–Crippen LogP) is 3.03. The van der Waals surface area contributed by atoms with Gasteiger partial charge in [-0.15, -0.1) is 0 Å². The van der Waals surface area contributed by atoms with Crippen LogP contribution in [0.2, 0.25) is 0 Å². The van der Waals surface area contributed by atoms with Crippen LogP contribution in [-0.2, 0) is 10.0 Å². The molecule has 0 unspecified atom stereocenters. The number of sulfonamides is 1. The van der Waals surface area contributed by atoms with Crippen LogP contribution < -0.4 is 4.72 Å². The lowest BCUT2D eigenvalue weighted by Gasteiger charge is -2.16. The Bertz CT molecular complexity index is 651. The molecule has 0 amide bonds. The smallest absolute Gasteiger partial charge is 0.207 e. The SMILES string of the molecule is Cc1ccccc1[C@@H](C)NS(=O)(=O)c1ccccc1. The number of nitrogens with one attached hydrogen (secondary N) is 1. The average molecular weight is 275 g/mol. The van der Waals surface area contributed by atoms with Gasteiger partial charge in [-0.1, -0.05) is 42.5 Å². The highest BCUT2D eigenvalue weighted by Gasteiger charge is 2.18. The first-order chi connectivity index (χ1) is 9.00. The average Bonchev–Trinajstić information content (AvgIpc) is 2.39. The summed E-state index contributed by atoms with van der Waals surface area (Å²) in [5.41, 5.74) is 2.06. The highest BCUT2D eigenvalue weighted by Crippen LogP contribution is 2.19. The molecule has 0 radical (unpaired) electrons. The Morgan fingerprint density at radius 3 is 2.16 bits per heavy atom. The van der Waals surface area contributed by atoms with Crippen molar-refractivity contribution in [2.45, 2.75) is 24.8 Å². The van der Waals surface area contributed by atoms with E-state index in [4.69, 9.17) is 0 Å². The van der Waals surface area contributed by atoms with Crippen molar-refractivity contribution in [1.82, 2.24) is 4.72 Å². The molecule has 1 N–H and O–H groups in total. The molecule has 0 saturated heterocycles. The Labute approximate surface area is 114 Å². The van der Waals surface area contributed by atoms with Crippen molar-refractivity contribution in [3.8, 4) is 0 Å². The van der Waals surface area contributed by atoms with E-state index in [0.717, 1.165) is 11.1 Å². The number of benzene rings is 2. The molecule has 3 nitrogen and oxygen atoms in total. The van der Waals surface area contributed by atoms with Gasteiger partial charge >= 0.3 is 0 Å². The van der Waals surface area contributed by atoms with E-state index in [2.05, 4.69) is 4.72 Å². The van der Waals surface area contributed by atoms with Crippen molar-refractivity contribution in [2.24, 2.45) is 0 Å². The maximum Gasteiger partial charge on any atom is 0.241 e. The van der Waals surface area contributed by atoms with Gasteiger partial charge in [0.05, 0.1) is 4.90 Å². The molecule has 2 aromatic rings. The largest absolute Gasteiger partial charge is 0.241 e. The van der Waals surface area contributed by atoms with Crippen LogP contribution in [0.25, 0.3) is 0 Å². The number of hydrogen-bond acceptors (Lipinski definition) is 2. The zero-order valence-electron chi connectivity index (χ0n) is 11.0. The van der Waals surface area contributed by atoms with Gasteiger partial charge in [-0.3, -0.25) is 0 Å². The summed E-state index contributed by atoms with van der Waals surface area (Å²) in [6, 6.07) is 15.9. The molecule has 0 heterocycles. The fourth-order valence-corrected chi connectivity index (χ4v) is 3.28. The van der Waals surface area contributed by atoms with Crippen LogP contribution in [0.15, 0.2) is 59.5 Å². The van der Waals surface area contributed by atoms with Crippen LogP contribution in [0.3, 0.4) is 0 Å². The number of hydrogen-bond donors (Lipinski definition) is 1. The summed E-state index contributed by atoms with van der Waals surface area (Å²) >= 11 is 0. The number of rotatable bonds is 4. The van der Waals surface area contributed by atoms with Gasteiger partial charge in [0.1, 0.15) is 0 Å². The molecule has 0 aliphatic rings. The van der Waals surface area contributed by atoms with E-state index < -0.39 is 10.0 Å². The summed E-state index contributed by atoms with van der Waals surface area (Å²) in [5.74, 6) is 0. The molecule has 0 bridgehead atoms. The highest BCUT2D eigenvalue weighted by atomic mass is 32.2. The normalized spacial score (nSPS) is 13.2. The zero-order valence-corrected chi connectivity index (χ0v) is 11.8. The third-order valence-electron chi connectivity index (χ3n) is 3.04. The van der Waals surface area contributed by atoms with E-state index in [1.54, 1.807) is 30.3 Å². The van der Waals surface area contributed by atoms with E-state index in [9.17, 15) is 8.42 Å². The summed E-state index contributed by atoms with van der Waals surface area (Å²) in [6.07, 6.45) is 0. The molecule has 0 aliphatic carbocycles. The third kappa shape index (κ3) is 3.22. The quantitative estimate of drug-likeness (QED) is 0.932. The monoisotopic (exact) mass is 275 g/mol. The van der Waals surface area contributed by atoms with Crippen molar-refractivity contribution >= 4 is 10.0 Å². The lowest BCUT2D eigenvalue weighted by Crippen LogP contribution is -2.27. The van der Waals surface area contributed by atoms with Gasteiger partial charge in [0, 0.05) is 6.04 Å². The standard InChI is InChI=1S/C15H17NO2S/c1-12-8-6-7-11-15(12)13(2)16-19(17,18)14-9-4-3-5-10-14/h3-11,13,16H,1-2H3/t13-/m1/s1. The minimum absolute atomic E-state index is 0.258. The minimum atomic E-state index is -3.47. The second kappa shape index (κ2) is 5.55. The van der Waals surface area contributed by atoms with Gasteiger partial charge in [0.2, 0.25) is 10.0 Å². The first kappa shape index (κ1) is 13.8. The maximum absolute atomic E-state index is 12.2. The van der Waals surface area contributed by atoms with Crippen LogP contribution >= 0.6 is 0 Å². The Kier molecular flexibility index (Phi) is 4.02. The summed E-state index contributed by atoms with van der Waals surface area (Å²) in [5, 5.41) is 0. The predicted molar refractivity (Wildman–Crippen MR) is 76.4 cm³/mol. The second-order valence-corrected chi connectivity index (χ2v) is 6.23. The van der Waals surface area contributed by atoms with Crippen LogP contribution in [-0.4, -0.2) is 8.42 Å². The number of aryl methyl sites for hydroxylation is 1. The van der Waals surface area contributed by atoms with Gasteiger partial charge < -0.3 is 0 Å². The molecule has 0 saturated carbocycles. The molecule has 1 atom stereocenters. The lowest BCUT2D eigenvalue weighted by molar-refractivity contribution is 0.566. The maximum atomic E-state index is 12.2. The molecule has 0 fully saturated rings. The topological polar surface area (TPSA) is 46.2 Å². The first-order valence-corrected chi connectivity index (χ1v) is 7.62. The van der Waals surface area contributed by atoms with Crippen molar-refractivity contribution in [2.75, 3.05) is 0 Å². The highest BCUT2D eigenvalue weighted by molar-refractivity contribution is 7.89.